The lowest BCUT2D eigenvalue weighted by Gasteiger charge is -2.16. The van der Waals surface area contributed by atoms with Crippen molar-refractivity contribution in [3.63, 3.8) is 0 Å². The first-order valence-corrected chi connectivity index (χ1v) is 9.89. The van der Waals surface area contributed by atoms with E-state index in [0.29, 0.717) is 18.3 Å². The maximum absolute atomic E-state index is 12.2. The number of carbonyl (C=O) groups is 3. The lowest BCUT2D eigenvalue weighted by atomic mass is 9.90. The summed E-state index contributed by atoms with van der Waals surface area (Å²) in [5.41, 5.74) is 0. The lowest BCUT2D eigenvalue weighted by molar-refractivity contribution is -0.135. The van der Waals surface area contributed by atoms with Crippen molar-refractivity contribution in [1.82, 2.24) is 0 Å². The number of aliphatic hydroxyl groups is 2. The van der Waals surface area contributed by atoms with Crippen molar-refractivity contribution in [2.75, 3.05) is 0 Å². The van der Waals surface area contributed by atoms with Crippen molar-refractivity contribution >= 4 is 17.9 Å². The van der Waals surface area contributed by atoms with Gasteiger partial charge in [-0.25, -0.2) is 0 Å². The Balaban J connectivity index is 0.000000758. The molecule has 2 N–H and O–H groups in total. The van der Waals surface area contributed by atoms with Gasteiger partial charge in [-0.3, -0.25) is 9.59 Å². The van der Waals surface area contributed by atoms with Crippen molar-refractivity contribution in [3.8, 4) is 0 Å². The van der Waals surface area contributed by atoms with Gasteiger partial charge in [-0.2, -0.15) is 0 Å². The molecule has 0 saturated heterocycles. The molecule has 0 amide bonds. The molecule has 4 atom stereocenters. The van der Waals surface area contributed by atoms with Gasteiger partial charge in [0.05, 0.1) is 12.2 Å². The molecule has 5 heteroatoms. The SMILES string of the molecule is CC(C)CCC1C(=O)C(C(=O)CC(C)C)C(O)C1O.CC(C)CCC=O. The molecule has 1 aliphatic rings. The van der Waals surface area contributed by atoms with Crippen LogP contribution in [0.5, 0.6) is 0 Å². The van der Waals surface area contributed by atoms with Crippen molar-refractivity contribution in [1.29, 1.82) is 0 Å². The Morgan fingerprint density at radius 2 is 1.50 bits per heavy atom. The number of hydrogen-bond donors (Lipinski definition) is 2. The van der Waals surface area contributed by atoms with Gasteiger partial charge in [0.2, 0.25) is 0 Å². The van der Waals surface area contributed by atoms with E-state index in [4.69, 9.17) is 0 Å². The first-order valence-electron chi connectivity index (χ1n) is 9.89. The molecule has 4 unspecified atom stereocenters. The van der Waals surface area contributed by atoms with Gasteiger partial charge < -0.3 is 15.0 Å². The third-order valence-electron chi connectivity index (χ3n) is 4.65. The van der Waals surface area contributed by atoms with Crippen molar-refractivity contribution < 1.29 is 24.6 Å². The van der Waals surface area contributed by atoms with Gasteiger partial charge in [0, 0.05) is 18.8 Å². The van der Waals surface area contributed by atoms with Crippen LogP contribution < -0.4 is 0 Å². The molecule has 1 fully saturated rings. The molecule has 0 aromatic carbocycles. The van der Waals surface area contributed by atoms with E-state index >= 15 is 0 Å². The molecule has 0 spiro atoms. The minimum absolute atomic E-state index is 0.152. The number of hydrogen-bond acceptors (Lipinski definition) is 5. The molecular weight excluding hydrogens is 332 g/mol. The third-order valence-corrected chi connectivity index (χ3v) is 4.65. The molecule has 152 valence electrons. The molecule has 0 bridgehead atoms. The quantitative estimate of drug-likeness (QED) is 0.480. The van der Waals surface area contributed by atoms with Crippen LogP contribution in [0.25, 0.3) is 0 Å². The normalized spacial score (nSPS) is 25.6. The fraction of sp³-hybridized carbons (Fsp3) is 0.857. The molecule has 0 aromatic heterocycles. The highest BCUT2D eigenvalue weighted by molar-refractivity contribution is 6.06. The van der Waals surface area contributed by atoms with Crippen LogP contribution in [0.3, 0.4) is 0 Å². The van der Waals surface area contributed by atoms with Crippen LogP contribution in [-0.2, 0) is 14.4 Å². The molecule has 0 aromatic rings. The lowest BCUT2D eigenvalue weighted by Crippen LogP contribution is -2.33. The third kappa shape index (κ3) is 8.54. The van der Waals surface area contributed by atoms with E-state index in [1.54, 1.807) is 0 Å². The van der Waals surface area contributed by atoms with Crippen LogP contribution in [-0.4, -0.2) is 40.3 Å². The second kappa shape index (κ2) is 12.3. The zero-order valence-electron chi connectivity index (χ0n) is 17.3. The van der Waals surface area contributed by atoms with Crippen LogP contribution >= 0.6 is 0 Å². The molecule has 0 radical (unpaired) electrons. The first kappa shape index (κ1) is 24.9. The van der Waals surface area contributed by atoms with Gasteiger partial charge in [-0.1, -0.05) is 48.0 Å². The van der Waals surface area contributed by atoms with Crippen LogP contribution in [0, 0.1) is 29.6 Å². The van der Waals surface area contributed by atoms with Crippen LogP contribution in [0.1, 0.15) is 73.6 Å². The summed E-state index contributed by atoms with van der Waals surface area (Å²) >= 11 is 0. The average Bonchev–Trinajstić information content (AvgIpc) is 2.73. The summed E-state index contributed by atoms with van der Waals surface area (Å²) < 4.78 is 0. The summed E-state index contributed by atoms with van der Waals surface area (Å²) in [6, 6.07) is 0. The highest BCUT2D eigenvalue weighted by atomic mass is 16.3. The molecule has 5 nitrogen and oxygen atoms in total. The Morgan fingerprint density at radius 1 is 0.962 bits per heavy atom. The highest BCUT2D eigenvalue weighted by Crippen LogP contribution is 2.34. The zero-order chi connectivity index (χ0) is 20.4. The average molecular weight is 371 g/mol. The predicted molar refractivity (Wildman–Crippen MR) is 103 cm³/mol. The second-order valence-electron chi connectivity index (χ2n) is 8.64. The van der Waals surface area contributed by atoms with E-state index in [9.17, 15) is 24.6 Å². The number of carbonyl (C=O) groups excluding carboxylic acids is 3. The first-order chi connectivity index (χ1) is 12.0. The Kier molecular flexibility index (Phi) is 11.8. The van der Waals surface area contributed by atoms with Crippen LogP contribution in [0.15, 0.2) is 0 Å². The molecule has 0 aliphatic heterocycles. The fourth-order valence-electron chi connectivity index (χ4n) is 3.11. The van der Waals surface area contributed by atoms with E-state index in [1.165, 1.54) is 0 Å². The van der Waals surface area contributed by atoms with E-state index in [1.807, 2.05) is 27.7 Å². The van der Waals surface area contributed by atoms with Gasteiger partial charge in [0.25, 0.3) is 0 Å². The van der Waals surface area contributed by atoms with Crippen LogP contribution in [0.4, 0.5) is 0 Å². The molecule has 1 rings (SSSR count). The number of rotatable bonds is 9. The number of Topliss-reactive ketones (excluding diaryl/α,β-unsaturated/α-hetero) is 2. The van der Waals surface area contributed by atoms with Gasteiger partial charge in [-0.05, 0) is 30.6 Å². The monoisotopic (exact) mass is 370 g/mol. The number of ketones is 2. The van der Waals surface area contributed by atoms with Crippen molar-refractivity contribution in [2.24, 2.45) is 29.6 Å². The predicted octanol–water partition coefficient (Wildman–Crippen LogP) is 3.20. The van der Waals surface area contributed by atoms with E-state index < -0.39 is 24.0 Å². The zero-order valence-corrected chi connectivity index (χ0v) is 17.3. The second-order valence-corrected chi connectivity index (χ2v) is 8.64. The minimum Gasteiger partial charge on any atom is -0.390 e. The topological polar surface area (TPSA) is 91.7 Å². The summed E-state index contributed by atoms with van der Waals surface area (Å²) in [5, 5.41) is 19.9. The summed E-state index contributed by atoms with van der Waals surface area (Å²) in [6.07, 6.45) is 2.03. The fourth-order valence-corrected chi connectivity index (χ4v) is 3.11. The van der Waals surface area contributed by atoms with Crippen molar-refractivity contribution in [2.45, 2.75) is 85.9 Å². The Hall–Kier alpha value is -1.07. The largest absolute Gasteiger partial charge is 0.390 e. The Bertz CT molecular complexity index is 442. The van der Waals surface area contributed by atoms with Gasteiger partial charge in [-0.15, -0.1) is 0 Å². The number of aliphatic hydroxyl groups excluding tert-OH is 2. The highest BCUT2D eigenvalue weighted by Gasteiger charge is 2.51. The summed E-state index contributed by atoms with van der Waals surface area (Å²) in [5.74, 6) is -0.856. The molecule has 1 aliphatic carbocycles. The Morgan fingerprint density at radius 3 is 1.88 bits per heavy atom. The Labute approximate surface area is 158 Å². The smallest absolute Gasteiger partial charge is 0.151 e. The molecule has 1 saturated carbocycles. The van der Waals surface area contributed by atoms with Crippen LogP contribution in [0.2, 0.25) is 0 Å². The maximum atomic E-state index is 12.2. The van der Waals surface area contributed by atoms with Crippen molar-refractivity contribution in [3.05, 3.63) is 0 Å². The summed E-state index contributed by atoms with van der Waals surface area (Å²) in [7, 11) is 0. The van der Waals surface area contributed by atoms with Gasteiger partial charge in [0.1, 0.15) is 18.0 Å². The van der Waals surface area contributed by atoms with Gasteiger partial charge in [0.15, 0.2) is 5.78 Å². The minimum atomic E-state index is -1.23. The van der Waals surface area contributed by atoms with Gasteiger partial charge >= 0.3 is 0 Å². The number of aldehydes is 1. The molecular formula is C21H38O5. The summed E-state index contributed by atoms with van der Waals surface area (Å²) in [6.45, 7) is 12.1. The maximum Gasteiger partial charge on any atom is 0.151 e. The van der Waals surface area contributed by atoms with E-state index in [-0.39, 0.29) is 23.9 Å². The standard InChI is InChI=1S/C15H26O4.C6H12O/c1-8(2)5-6-10-13(17)12(15(19)14(10)18)11(16)7-9(3)4;1-6(2)4-3-5-7/h8-10,12,14-15,18-19H,5-7H2,1-4H3;5-6H,3-4H2,1-2H3. The molecule has 0 heterocycles. The summed E-state index contributed by atoms with van der Waals surface area (Å²) in [4.78, 5) is 33.9. The molecule has 26 heavy (non-hydrogen) atoms. The van der Waals surface area contributed by atoms with E-state index in [0.717, 1.165) is 25.5 Å². The van der Waals surface area contributed by atoms with E-state index in [2.05, 4.69) is 13.8 Å².